The first-order chi connectivity index (χ1) is 13.3. The number of esters is 1. The summed E-state index contributed by atoms with van der Waals surface area (Å²) >= 11 is 0. The Morgan fingerprint density at radius 1 is 1.21 bits per heavy atom. The summed E-state index contributed by atoms with van der Waals surface area (Å²) < 4.78 is 5.61. The average Bonchev–Trinajstić information content (AvgIpc) is 2.67. The molecule has 28 heavy (non-hydrogen) atoms. The van der Waals surface area contributed by atoms with Crippen LogP contribution in [0.25, 0.3) is 6.08 Å². The highest BCUT2D eigenvalue weighted by atomic mass is 16.5. The third-order valence-corrected chi connectivity index (χ3v) is 4.90. The van der Waals surface area contributed by atoms with E-state index in [-0.39, 0.29) is 18.5 Å². The molecule has 154 valence electrons. The number of aliphatic hydroxyl groups excluding tert-OH is 3. The lowest BCUT2D eigenvalue weighted by molar-refractivity contribution is 0.0140. The minimum Gasteiger partial charge on any atom is -0.459 e. The van der Waals surface area contributed by atoms with Gasteiger partial charge in [-0.05, 0) is 57.2 Å². The number of carbonyl (C=O) groups excluding carboxylic acids is 1. The Labute approximate surface area is 167 Å². The molecule has 1 aliphatic rings. The van der Waals surface area contributed by atoms with Crippen LogP contribution in [0.3, 0.4) is 0 Å². The quantitative estimate of drug-likeness (QED) is 0.468. The zero-order chi connectivity index (χ0) is 20.5. The zero-order valence-corrected chi connectivity index (χ0v) is 16.8. The van der Waals surface area contributed by atoms with Crippen molar-refractivity contribution in [2.75, 3.05) is 0 Å². The van der Waals surface area contributed by atoms with Crippen LogP contribution in [0.5, 0.6) is 0 Å². The first-order valence-corrected chi connectivity index (χ1v) is 10.1. The predicted octanol–water partition coefficient (Wildman–Crippen LogP) is 3.63. The van der Waals surface area contributed by atoms with E-state index in [1.54, 1.807) is 25.1 Å². The van der Waals surface area contributed by atoms with Gasteiger partial charge in [-0.25, -0.2) is 4.79 Å². The van der Waals surface area contributed by atoms with Crippen molar-refractivity contribution in [3.63, 3.8) is 0 Å². The highest BCUT2D eigenvalue weighted by Crippen LogP contribution is 2.22. The van der Waals surface area contributed by atoms with Gasteiger partial charge in [-0.1, -0.05) is 42.4 Å². The van der Waals surface area contributed by atoms with E-state index in [2.05, 4.69) is 0 Å². The Bertz CT molecular complexity index is 686. The SMILES string of the molecule is CC(C=Cc1cccc(C(=O)OC2CCCCC2)c1)=CC(O)C(O)CC(C)O. The molecule has 1 saturated carbocycles. The van der Waals surface area contributed by atoms with Crippen molar-refractivity contribution < 1.29 is 24.9 Å². The van der Waals surface area contributed by atoms with Gasteiger partial charge in [0.2, 0.25) is 0 Å². The topological polar surface area (TPSA) is 87.0 Å². The Kier molecular flexibility index (Phi) is 8.90. The molecular weight excluding hydrogens is 356 g/mol. The number of benzene rings is 1. The number of allylic oxidation sites excluding steroid dienone is 2. The van der Waals surface area contributed by atoms with Crippen LogP contribution >= 0.6 is 0 Å². The molecule has 0 heterocycles. The molecule has 1 aromatic carbocycles. The summed E-state index contributed by atoms with van der Waals surface area (Å²) in [5.74, 6) is -0.286. The molecule has 3 N–H and O–H groups in total. The first kappa shape index (κ1) is 22.3. The van der Waals surface area contributed by atoms with Crippen LogP contribution in [0.2, 0.25) is 0 Å². The number of rotatable bonds is 8. The molecule has 5 nitrogen and oxygen atoms in total. The molecule has 0 radical (unpaired) electrons. The Balaban J connectivity index is 1.97. The number of aliphatic hydroxyl groups is 3. The van der Waals surface area contributed by atoms with Gasteiger partial charge >= 0.3 is 5.97 Å². The molecule has 0 amide bonds. The van der Waals surface area contributed by atoms with E-state index >= 15 is 0 Å². The van der Waals surface area contributed by atoms with Gasteiger partial charge < -0.3 is 20.1 Å². The molecule has 1 fully saturated rings. The van der Waals surface area contributed by atoms with Crippen LogP contribution in [0.15, 0.2) is 42.0 Å². The van der Waals surface area contributed by atoms with E-state index in [0.717, 1.165) is 36.8 Å². The fourth-order valence-electron chi connectivity index (χ4n) is 3.32. The maximum atomic E-state index is 12.4. The van der Waals surface area contributed by atoms with Crippen molar-refractivity contribution in [1.82, 2.24) is 0 Å². The third kappa shape index (κ3) is 7.58. The van der Waals surface area contributed by atoms with Gasteiger partial charge in [-0.2, -0.15) is 0 Å². The fourth-order valence-corrected chi connectivity index (χ4v) is 3.32. The molecule has 1 aromatic rings. The zero-order valence-electron chi connectivity index (χ0n) is 16.8. The molecule has 0 bridgehead atoms. The van der Waals surface area contributed by atoms with Crippen molar-refractivity contribution in [3.05, 3.63) is 53.1 Å². The van der Waals surface area contributed by atoms with Crippen molar-refractivity contribution in [1.29, 1.82) is 0 Å². The van der Waals surface area contributed by atoms with Gasteiger partial charge in [0.1, 0.15) is 6.10 Å². The molecule has 1 aliphatic carbocycles. The second-order valence-electron chi connectivity index (χ2n) is 7.68. The summed E-state index contributed by atoms with van der Waals surface area (Å²) in [6.07, 6.45) is 7.94. The van der Waals surface area contributed by atoms with E-state index in [0.29, 0.717) is 5.56 Å². The molecule has 0 aliphatic heterocycles. The van der Waals surface area contributed by atoms with Crippen LogP contribution in [-0.4, -0.2) is 45.7 Å². The smallest absolute Gasteiger partial charge is 0.338 e. The van der Waals surface area contributed by atoms with Crippen molar-refractivity contribution >= 4 is 12.0 Å². The van der Waals surface area contributed by atoms with Crippen molar-refractivity contribution in [2.45, 2.75) is 76.8 Å². The fraction of sp³-hybridized carbons (Fsp3) is 0.522. The lowest BCUT2D eigenvalue weighted by atomic mass is 9.98. The maximum absolute atomic E-state index is 12.4. The van der Waals surface area contributed by atoms with Crippen molar-refractivity contribution in [2.24, 2.45) is 0 Å². The standard InChI is InChI=1S/C23H32O5/c1-16(13-21(25)22(26)14-17(2)24)11-12-18-7-6-8-19(15-18)23(27)28-20-9-4-3-5-10-20/h6-8,11-13,15,17,20-22,24-26H,3-5,9-10,14H2,1-2H3. The highest BCUT2D eigenvalue weighted by Gasteiger charge is 2.19. The van der Waals surface area contributed by atoms with Gasteiger partial charge in [0, 0.05) is 6.42 Å². The average molecular weight is 389 g/mol. The molecule has 0 spiro atoms. The first-order valence-electron chi connectivity index (χ1n) is 10.1. The Morgan fingerprint density at radius 3 is 2.61 bits per heavy atom. The summed E-state index contributed by atoms with van der Waals surface area (Å²) in [6.45, 7) is 3.38. The van der Waals surface area contributed by atoms with Gasteiger partial charge in [0.05, 0.1) is 23.9 Å². The summed E-state index contributed by atoms with van der Waals surface area (Å²) in [5.41, 5.74) is 2.15. The minimum absolute atomic E-state index is 0.0279. The minimum atomic E-state index is -1.05. The largest absolute Gasteiger partial charge is 0.459 e. The van der Waals surface area contributed by atoms with E-state index in [9.17, 15) is 20.1 Å². The van der Waals surface area contributed by atoms with E-state index in [1.165, 1.54) is 6.42 Å². The van der Waals surface area contributed by atoms with Crippen molar-refractivity contribution in [3.8, 4) is 0 Å². The van der Waals surface area contributed by atoms with Gasteiger partial charge in [0.15, 0.2) is 0 Å². The van der Waals surface area contributed by atoms with Crippen LogP contribution in [0.4, 0.5) is 0 Å². The summed E-state index contributed by atoms with van der Waals surface area (Å²) in [5, 5.41) is 29.1. The Morgan fingerprint density at radius 2 is 1.93 bits per heavy atom. The second-order valence-corrected chi connectivity index (χ2v) is 7.68. The number of carbonyl (C=O) groups is 1. The molecule has 0 saturated heterocycles. The van der Waals surface area contributed by atoms with Crippen LogP contribution in [-0.2, 0) is 4.74 Å². The summed E-state index contributed by atoms with van der Waals surface area (Å²) in [7, 11) is 0. The predicted molar refractivity (Wildman–Crippen MR) is 110 cm³/mol. The monoisotopic (exact) mass is 388 g/mol. The Hall–Kier alpha value is -1.95. The number of ether oxygens (including phenoxy) is 1. The molecule has 3 atom stereocenters. The molecule has 2 rings (SSSR count). The van der Waals surface area contributed by atoms with Gasteiger partial charge in [-0.3, -0.25) is 0 Å². The lowest BCUT2D eigenvalue weighted by Gasteiger charge is -2.21. The van der Waals surface area contributed by atoms with E-state index < -0.39 is 18.3 Å². The number of hydrogen-bond donors (Lipinski definition) is 3. The lowest BCUT2D eigenvalue weighted by Crippen LogP contribution is -2.27. The van der Waals surface area contributed by atoms with E-state index in [4.69, 9.17) is 4.74 Å². The molecule has 3 unspecified atom stereocenters. The second kappa shape index (κ2) is 11.1. The normalized spacial score (nSPS) is 19.4. The van der Waals surface area contributed by atoms with Gasteiger partial charge in [0.25, 0.3) is 0 Å². The maximum Gasteiger partial charge on any atom is 0.338 e. The molecule has 5 heteroatoms. The summed E-state index contributed by atoms with van der Waals surface area (Å²) in [6, 6.07) is 7.24. The van der Waals surface area contributed by atoms with Crippen LogP contribution < -0.4 is 0 Å². The summed E-state index contributed by atoms with van der Waals surface area (Å²) in [4.78, 5) is 12.4. The van der Waals surface area contributed by atoms with Crippen LogP contribution in [0.1, 0.15) is 68.3 Å². The number of hydrogen-bond acceptors (Lipinski definition) is 5. The van der Waals surface area contributed by atoms with Crippen LogP contribution in [0, 0.1) is 0 Å². The molecular formula is C23H32O5. The molecule has 0 aromatic heterocycles. The highest BCUT2D eigenvalue weighted by molar-refractivity contribution is 5.90. The third-order valence-electron chi connectivity index (χ3n) is 4.90. The van der Waals surface area contributed by atoms with Gasteiger partial charge in [-0.15, -0.1) is 0 Å². The van der Waals surface area contributed by atoms with E-state index in [1.807, 2.05) is 31.2 Å².